The summed E-state index contributed by atoms with van der Waals surface area (Å²) >= 11 is 0. The van der Waals surface area contributed by atoms with Gasteiger partial charge in [0.15, 0.2) is 9.84 Å². The second kappa shape index (κ2) is 5.82. The first-order valence-electron chi connectivity index (χ1n) is 5.41. The SMILES string of the molecule is CCC(=O)OCCS(=O)(=O)c1ccc(C)cc1. The summed E-state index contributed by atoms with van der Waals surface area (Å²) in [5.74, 6) is -0.564. The number of esters is 1. The third kappa shape index (κ3) is 4.19. The Morgan fingerprint density at radius 3 is 2.35 bits per heavy atom. The molecule has 0 aromatic heterocycles. The molecule has 0 aliphatic rings. The molecule has 94 valence electrons. The summed E-state index contributed by atoms with van der Waals surface area (Å²) in [4.78, 5) is 11.1. The van der Waals surface area contributed by atoms with Crippen LogP contribution in [0.25, 0.3) is 0 Å². The van der Waals surface area contributed by atoms with E-state index in [4.69, 9.17) is 4.74 Å². The Balaban J connectivity index is 2.63. The predicted molar refractivity (Wildman–Crippen MR) is 64.5 cm³/mol. The van der Waals surface area contributed by atoms with Crippen LogP contribution in [0.4, 0.5) is 0 Å². The Morgan fingerprint density at radius 1 is 1.24 bits per heavy atom. The number of carbonyl (C=O) groups is 1. The third-order valence-electron chi connectivity index (χ3n) is 2.28. The zero-order valence-electron chi connectivity index (χ0n) is 9.97. The van der Waals surface area contributed by atoms with Gasteiger partial charge in [-0.1, -0.05) is 24.6 Å². The molecule has 1 aromatic rings. The first-order valence-corrected chi connectivity index (χ1v) is 7.06. The molecule has 4 nitrogen and oxygen atoms in total. The van der Waals surface area contributed by atoms with Gasteiger partial charge in [-0.2, -0.15) is 0 Å². The molecule has 0 saturated carbocycles. The molecule has 0 saturated heterocycles. The van der Waals surface area contributed by atoms with E-state index < -0.39 is 9.84 Å². The molecule has 0 bridgehead atoms. The van der Waals surface area contributed by atoms with Crippen molar-refractivity contribution in [2.75, 3.05) is 12.4 Å². The van der Waals surface area contributed by atoms with E-state index in [2.05, 4.69) is 0 Å². The van der Waals surface area contributed by atoms with Crippen LogP contribution in [0.1, 0.15) is 18.9 Å². The lowest BCUT2D eigenvalue weighted by atomic mass is 10.2. The quantitative estimate of drug-likeness (QED) is 0.753. The summed E-state index contributed by atoms with van der Waals surface area (Å²) in [6, 6.07) is 6.61. The van der Waals surface area contributed by atoms with Crippen molar-refractivity contribution in [3.63, 3.8) is 0 Å². The molecule has 17 heavy (non-hydrogen) atoms. The molecule has 1 aromatic carbocycles. The van der Waals surface area contributed by atoms with Crippen LogP contribution in [-0.2, 0) is 19.4 Å². The van der Waals surface area contributed by atoms with E-state index in [1.165, 1.54) is 0 Å². The van der Waals surface area contributed by atoms with Crippen LogP contribution < -0.4 is 0 Å². The van der Waals surface area contributed by atoms with Crippen LogP contribution in [0.15, 0.2) is 29.2 Å². The van der Waals surface area contributed by atoms with E-state index in [-0.39, 0.29) is 29.6 Å². The van der Waals surface area contributed by atoms with Gasteiger partial charge in [0.05, 0.1) is 10.6 Å². The molecule has 0 N–H and O–H groups in total. The Labute approximate surface area is 102 Å². The van der Waals surface area contributed by atoms with Gasteiger partial charge in [-0.05, 0) is 19.1 Å². The highest BCUT2D eigenvalue weighted by Crippen LogP contribution is 2.12. The van der Waals surface area contributed by atoms with E-state index in [1.54, 1.807) is 31.2 Å². The maximum atomic E-state index is 11.8. The van der Waals surface area contributed by atoms with Crippen LogP contribution in [-0.4, -0.2) is 26.7 Å². The van der Waals surface area contributed by atoms with E-state index in [9.17, 15) is 13.2 Å². The highest BCUT2D eigenvalue weighted by Gasteiger charge is 2.14. The van der Waals surface area contributed by atoms with Gasteiger partial charge >= 0.3 is 5.97 Å². The van der Waals surface area contributed by atoms with E-state index in [0.717, 1.165) is 5.56 Å². The standard InChI is InChI=1S/C12H16O4S/c1-3-12(13)16-8-9-17(14,15)11-6-4-10(2)5-7-11/h4-7H,3,8-9H2,1-2H3. The zero-order valence-corrected chi connectivity index (χ0v) is 10.8. The fourth-order valence-electron chi connectivity index (χ4n) is 1.23. The van der Waals surface area contributed by atoms with Crippen molar-refractivity contribution < 1.29 is 17.9 Å². The summed E-state index contributed by atoms with van der Waals surface area (Å²) < 4.78 is 28.4. The molecule has 0 amide bonds. The smallest absolute Gasteiger partial charge is 0.305 e. The second-order valence-electron chi connectivity index (χ2n) is 3.71. The zero-order chi connectivity index (χ0) is 12.9. The van der Waals surface area contributed by atoms with Crippen LogP contribution in [0, 0.1) is 6.92 Å². The summed E-state index contributed by atoms with van der Waals surface area (Å²) in [6.07, 6.45) is 0.255. The first kappa shape index (κ1) is 13.7. The average molecular weight is 256 g/mol. The number of sulfone groups is 1. The van der Waals surface area contributed by atoms with Gasteiger partial charge in [-0.15, -0.1) is 0 Å². The number of aryl methyl sites for hydroxylation is 1. The number of rotatable bonds is 5. The normalized spacial score (nSPS) is 11.2. The van der Waals surface area contributed by atoms with Crippen LogP contribution >= 0.6 is 0 Å². The Hall–Kier alpha value is -1.36. The highest BCUT2D eigenvalue weighted by molar-refractivity contribution is 7.91. The Bertz CT molecular complexity index is 474. The fourth-order valence-corrected chi connectivity index (χ4v) is 2.32. The van der Waals surface area contributed by atoms with Gasteiger partial charge in [0.25, 0.3) is 0 Å². The lowest BCUT2D eigenvalue weighted by Crippen LogP contribution is -2.15. The summed E-state index contributed by atoms with van der Waals surface area (Å²) in [7, 11) is -3.36. The lowest BCUT2D eigenvalue weighted by molar-refractivity contribution is -0.142. The van der Waals surface area contributed by atoms with Gasteiger partial charge < -0.3 is 4.74 Å². The summed E-state index contributed by atoms with van der Waals surface area (Å²) in [5, 5.41) is 0. The molecule has 0 spiro atoms. The predicted octanol–water partition coefficient (Wildman–Crippen LogP) is 1.72. The van der Waals surface area contributed by atoms with E-state index >= 15 is 0 Å². The molecule has 0 aliphatic carbocycles. The molecule has 0 unspecified atom stereocenters. The molecule has 0 atom stereocenters. The monoisotopic (exact) mass is 256 g/mol. The molecule has 0 fully saturated rings. The van der Waals surface area contributed by atoms with Crippen LogP contribution in [0.3, 0.4) is 0 Å². The minimum absolute atomic E-state index is 0.0944. The van der Waals surface area contributed by atoms with Crippen molar-refractivity contribution >= 4 is 15.8 Å². The van der Waals surface area contributed by atoms with Gasteiger partial charge in [0.1, 0.15) is 6.61 Å². The van der Waals surface area contributed by atoms with Crippen molar-refractivity contribution in [1.29, 1.82) is 0 Å². The van der Waals surface area contributed by atoms with E-state index in [1.807, 2.05) is 6.92 Å². The molecule has 0 radical (unpaired) electrons. The first-order chi connectivity index (χ1) is 7.95. The van der Waals surface area contributed by atoms with Crippen LogP contribution in [0.5, 0.6) is 0 Å². The Morgan fingerprint density at radius 2 is 1.82 bits per heavy atom. The van der Waals surface area contributed by atoms with Gasteiger partial charge in [0, 0.05) is 6.42 Å². The second-order valence-corrected chi connectivity index (χ2v) is 5.82. The van der Waals surface area contributed by atoms with Crippen molar-refractivity contribution in [2.24, 2.45) is 0 Å². The number of hydrogen-bond acceptors (Lipinski definition) is 4. The minimum Gasteiger partial charge on any atom is -0.465 e. The topological polar surface area (TPSA) is 60.4 Å². The molecular weight excluding hydrogens is 240 g/mol. The Kier molecular flexibility index (Phi) is 4.69. The number of ether oxygens (including phenoxy) is 1. The largest absolute Gasteiger partial charge is 0.465 e. The number of benzene rings is 1. The fraction of sp³-hybridized carbons (Fsp3) is 0.417. The molecular formula is C12H16O4S. The van der Waals surface area contributed by atoms with Crippen molar-refractivity contribution in [3.05, 3.63) is 29.8 Å². The van der Waals surface area contributed by atoms with Gasteiger partial charge in [-0.3, -0.25) is 4.79 Å². The van der Waals surface area contributed by atoms with Crippen molar-refractivity contribution in [3.8, 4) is 0 Å². The third-order valence-corrected chi connectivity index (χ3v) is 3.98. The van der Waals surface area contributed by atoms with E-state index in [0.29, 0.717) is 0 Å². The summed E-state index contributed by atoms with van der Waals surface area (Å²) in [6.45, 7) is 3.46. The maximum absolute atomic E-state index is 11.8. The average Bonchev–Trinajstić information content (AvgIpc) is 2.29. The summed E-state index contributed by atoms with van der Waals surface area (Å²) in [5.41, 5.74) is 1.00. The minimum atomic E-state index is -3.36. The van der Waals surface area contributed by atoms with Gasteiger partial charge in [-0.25, -0.2) is 8.42 Å². The van der Waals surface area contributed by atoms with Crippen molar-refractivity contribution in [1.82, 2.24) is 0 Å². The molecule has 1 rings (SSSR count). The lowest BCUT2D eigenvalue weighted by Gasteiger charge is -2.05. The maximum Gasteiger partial charge on any atom is 0.305 e. The van der Waals surface area contributed by atoms with Crippen LogP contribution in [0.2, 0.25) is 0 Å². The molecule has 0 heterocycles. The van der Waals surface area contributed by atoms with Crippen molar-refractivity contribution in [2.45, 2.75) is 25.2 Å². The molecule has 0 aliphatic heterocycles. The van der Waals surface area contributed by atoms with Gasteiger partial charge in [0.2, 0.25) is 0 Å². The number of carbonyl (C=O) groups excluding carboxylic acids is 1. The molecule has 5 heteroatoms. The highest BCUT2D eigenvalue weighted by atomic mass is 32.2. The number of hydrogen-bond donors (Lipinski definition) is 0.